The first-order valence-electron chi connectivity index (χ1n) is 4.91. The molecule has 0 aromatic carbocycles. The predicted octanol–water partition coefficient (Wildman–Crippen LogP) is -0.516. The molecular weight excluding hydrogens is 194 g/mol. The smallest absolute Gasteiger partial charge is 0.240 e. The van der Waals surface area contributed by atoms with E-state index in [0.29, 0.717) is 13.0 Å². The quantitative estimate of drug-likeness (QED) is 0.583. The lowest BCUT2D eigenvalue weighted by Gasteiger charge is -2.19. The van der Waals surface area contributed by atoms with Crippen molar-refractivity contribution in [3.8, 4) is 0 Å². The summed E-state index contributed by atoms with van der Waals surface area (Å²) in [7, 11) is 1.56. The maximum absolute atomic E-state index is 11.5. The van der Waals surface area contributed by atoms with Gasteiger partial charge in [-0.1, -0.05) is 6.08 Å². The molecular formula is C10H19N3O2. The molecule has 5 heteroatoms. The average Bonchev–Trinajstić information content (AvgIpc) is 2.17. The normalized spacial score (nSPS) is 11.7. The van der Waals surface area contributed by atoms with Crippen LogP contribution in [0.3, 0.4) is 0 Å². The number of likely N-dealkylation sites (N-methyl/N-ethyl adjacent to an activating group) is 2. The van der Waals surface area contributed by atoms with Crippen molar-refractivity contribution < 1.29 is 9.59 Å². The Morgan fingerprint density at radius 1 is 1.60 bits per heavy atom. The third-order valence-corrected chi connectivity index (χ3v) is 1.87. The molecule has 0 rings (SSSR count). The third-order valence-electron chi connectivity index (χ3n) is 1.87. The second-order valence-electron chi connectivity index (χ2n) is 3.28. The summed E-state index contributed by atoms with van der Waals surface area (Å²) in [5.41, 5.74) is 5.58. The van der Waals surface area contributed by atoms with E-state index in [1.54, 1.807) is 13.1 Å². The van der Waals surface area contributed by atoms with Crippen LogP contribution in [0.25, 0.3) is 0 Å². The van der Waals surface area contributed by atoms with E-state index >= 15 is 0 Å². The molecule has 15 heavy (non-hydrogen) atoms. The maximum atomic E-state index is 11.5. The number of nitrogens with two attached hydrogens (primary N) is 1. The number of hydrogen-bond acceptors (Lipinski definition) is 3. The van der Waals surface area contributed by atoms with Crippen molar-refractivity contribution in [2.45, 2.75) is 19.4 Å². The van der Waals surface area contributed by atoms with Gasteiger partial charge in [-0.3, -0.25) is 9.59 Å². The van der Waals surface area contributed by atoms with Gasteiger partial charge in [0.25, 0.3) is 0 Å². The molecule has 0 heterocycles. The summed E-state index contributed by atoms with van der Waals surface area (Å²) < 4.78 is 0. The van der Waals surface area contributed by atoms with Crippen LogP contribution in [0.5, 0.6) is 0 Å². The van der Waals surface area contributed by atoms with Gasteiger partial charge in [-0.25, -0.2) is 0 Å². The van der Waals surface area contributed by atoms with Gasteiger partial charge in [0.1, 0.15) is 0 Å². The highest BCUT2D eigenvalue weighted by atomic mass is 16.2. The fraction of sp³-hybridized carbons (Fsp3) is 0.600. The molecule has 0 radical (unpaired) electrons. The Hall–Kier alpha value is -1.36. The highest BCUT2D eigenvalue weighted by Crippen LogP contribution is 1.95. The van der Waals surface area contributed by atoms with Crippen molar-refractivity contribution in [1.82, 2.24) is 10.2 Å². The minimum absolute atomic E-state index is 0.0392. The topological polar surface area (TPSA) is 75.4 Å². The lowest BCUT2D eigenvalue weighted by molar-refractivity contribution is -0.135. The summed E-state index contributed by atoms with van der Waals surface area (Å²) in [5, 5.41) is 2.61. The zero-order valence-electron chi connectivity index (χ0n) is 9.32. The first-order chi connectivity index (χ1) is 7.02. The molecule has 1 unspecified atom stereocenters. The molecule has 0 fully saturated rings. The van der Waals surface area contributed by atoms with E-state index in [9.17, 15) is 9.59 Å². The van der Waals surface area contributed by atoms with E-state index in [1.165, 1.54) is 4.90 Å². The molecule has 0 saturated heterocycles. The minimum Gasteiger partial charge on any atom is -0.355 e. The Morgan fingerprint density at radius 3 is 2.67 bits per heavy atom. The van der Waals surface area contributed by atoms with Gasteiger partial charge in [-0.2, -0.15) is 0 Å². The van der Waals surface area contributed by atoms with Crippen LogP contribution in [0.2, 0.25) is 0 Å². The van der Waals surface area contributed by atoms with Gasteiger partial charge in [0.15, 0.2) is 0 Å². The molecule has 0 saturated carbocycles. The summed E-state index contributed by atoms with van der Waals surface area (Å²) in [5.74, 6) is -0.430. The molecule has 0 aliphatic carbocycles. The van der Waals surface area contributed by atoms with Crippen LogP contribution in [0.1, 0.15) is 13.3 Å². The van der Waals surface area contributed by atoms with E-state index in [2.05, 4.69) is 11.9 Å². The summed E-state index contributed by atoms with van der Waals surface area (Å²) >= 11 is 0. The largest absolute Gasteiger partial charge is 0.355 e. The molecule has 0 aliphatic rings. The molecule has 1 atom stereocenters. The van der Waals surface area contributed by atoms with Crippen LogP contribution in [0.4, 0.5) is 0 Å². The summed E-state index contributed by atoms with van der Waals surface area (Å²) in [6.07, 6.45) is 2.00. The summed E-state index contributed by atoms with van der Waals surface area (Å²) in [6.45, 7) is 5.92. The van der Waals surface area contributed by atoms with Crippen molar-refractivity contribution in [3.63, 3.8) is 0 Å². The van der Waals surface area contributed by atoms with E-state index in [0.717, 1.165) is 0 Å². The molecule has 3 N–H and O–H groups in total. The van der Waals surface area contributed by atoms with Crippen molar-refractivity contribution in [3.05, 3.63) is 12.7 Å². The minimum atomic E-state index is -0.609. The van der Waals surface area contributed by atoms with Gasteiger partial charge in [0.05, 0.1) is 12.6 Å². The van der Waals surface area contributed by atoms with Crippen LogP contribution in [0.15, 0.2) is 12.7 Å². The standard InChI is InChI=1S/C10H19N3O2/c1-4-6-8(11)10(15)13(3)7-9(14)12-5-2/h4,8H,1,5-7,11H2,2-3H3,(H,12,14). The van der Waals surface area contributed by atoms with Crippen LogP contribution in [-0.4, -0.2) is 42.9 Å². The number of carbonyl (C=O) groups excluding carboxylic acids is 2. The maximum Gasteiger partial charge on any atom is 0.240 e. The molecule has 86 valence electrons. The number of amides is 2. The fourth-order valence-electron chi connectivity index (χ4n) is 1.11. The molecule has 2 amide bonds. The first kappa shape index (κ1) is 13.6. The zero-order valence-corrected chi connectivity index (χ0v) is 9.32. The SMILES string of the molecule is C=CCC(N)C(=O)N(C)CC(=O)NCC. The number of nitrogens with zero attached hydrogens (tertiary/aromatic N) is 1. The van der Waals surface area contributed by atoms with Crippen LogP contribution >= 0.6 is 0 Å². The second-order valence-corrected chi connectivity index (χ2v) is 3.28. The van der Waals surface area contributed by atoms with Gasteiger partial charge >= 0.3 is 0 Å². The van der Waals surface area contributed by atoms with E-state index < -0.39 is 6.04 Å². The summed E-state index contributed by atoms with van der Waals surface area (Å²) in [4.78, 5) is 24.0. The Morgan fingerprint density at radius 2 is 2.20 bits per heavy atom. The van der Waals surface area contributed by atoms with E-state index in [1.807, 2.05) is 6.92 Å². The highest BCUT2D eigenvalue weighted by Gasteiger charge is 2.18. The Labute approximate surface area is 90.3 Å². The Kier molecular flexibility index (Phi) is 6.37. The molecule has 0 aromatic heterocycles. The summed E-state index contributed by atoms with van der Waals surface area (Å²) in [6, 6.07) is -0.609. The van der Waals surface area contributed by atoms with Gasteiger partial charge in [-0.05, 0) is 13.3 Å². The third kappa shape index (κ3) is 5.17. The Balaban J connectivity index is 4.08. The van der Waals surface area contributed by atoms with Crippen LogP contribution < -0.4 is 11.1 Å². The molecule has 0 aromatic rings. The fourth-order valence-corrected chi connectivity index (χ4v) is 1.11. The number of rotatable bonds is 6. The molecule has 0 spiro atoms. The van der Waals surface area contributed by atoms with Gasteiger partial charge < -0.3 is 16.0 Å². The highest BCUT2D eigenvalue weighted by molar-refractivity contribution is 5.87. The predicted molar refractivity (Wildman–Crippen MR) is 59.1 cm³/mol. The monoisotopic (exact) mass is 213 g/mol. The lowest BCUT2D eigenvalue weighted by Crippen LogP contribution is -2.45. The molecule has 0 bridgehead atoms. The Bertz CT molecular complexity index is 241. The molecule has 5 nitrogen and oxygen atoms in total. The number of hydrogen-bond donors (Lipinski definition) is 2. The number of carbonyl (C=O) groups is 2. The van der Waals surface area contributed by atoms with Crippen molar-refractivity contribution in [1.29, 1.82) is 0 Å². The second kappa shape index (κ2) is 7.00. The van der Waals surface area contributed by atoms with Crippen LogP contribution in [0, 0.1) is 0 Å². The lowest BCUT2D eigenvalue weighted by atomic mass is 10.2. The van der Waals surface area contributed by atoms with Gasteiger partial charge in [-0.15, -0.1) is 6.58 Å². The van der Waals surface area contributed by atoms with E-state index in [-0.39, 0.29) is 18.4 Å². The number of nitrogens with one attached hydrogen (secondary N) is 1. The first-order valence-corrected chi connectivity index (χ1v) is 4.91. The average molecular weight is 213 g/mol. The van der Waals surface area contributed by atoms with Crippen molar-refractivity contribution >= 4 is 11.8 Å². The van der Waals surface area contributed by atoms with E-state index in [4.69, 9.17) is 5.73 Å². The van der Waals surface area contributed by atoms with Crippen molar-refractivity contribution in [2.24, 2.45) is 5.73 Å². The van der Waals surface area contributed by atoms with Crippen LogP contribution in [-0.2, 0) is 9.59 Å². The van der Waals surface area contributed by atoms with Crippen molar-refractivity contribution in [2.75, 3.05) is 20.1 Å². The van der Waals surface area contributed by atoms with Gasteiger partial charge in [0, 0.05) is 13.6 Å². The zero-order chi connectivity index (χ0) is 11.8. The van der Waals surface area contributed by atoms with Gasteiger partial charge in [0.2, 0.25) is 11.8 Å². The molecule has 0 aliphatic heterocycles.